The molecule has 2 nitrogen and oxygen atoms in total. The van der Waals surface area contributed by atoms with Crippen molar-refractivity contribution in [1.82, 2.24) is 0 Å². The number of benzene rings is 2. The monoisotopic (exact) mass is 303 g/mol. The Morgan fingerprint density at radius 2 is 1.71 bits per heavy atom. The van der Waals surface area contributed by atoms with Gasteiger partial charge in [-0.05, 0) is 55.7 Å². The van der Waals surface area contributed by atoms with E-state index >= 15 is 0 Å². The molecule has 21 heavy (non-hydrogen) atoms. The van der Waals surface area contributed by atoms with E-state index < -0.39 is 0 Å². The van der Waals surface area contributed by atoms with Crippen molar-refractivity contribution >= 4 is 17.2 Å². The highest BCUT2D eigenvalue weighted by molar-refractivity contribution is 7.80. The van der Waals surface area contributed by atoms with E-state index in [-0.39, 0.29) is 17.4 Å². The SMILES string of the molecule is Cc1cc(C)c(OCc2cc(F)cc(C(N)=S)c2)c(C)c1. The first-order chi connectivity index (χ1) is 9.86. The summed E-state index contributed by atoms with van der Waals surface area (Å²) < 4.78 is 19.4. The quantitative estimate of drug-likeness (QED) is 0.868. The second-order valence-electron chi connectivity index (χ2n) is 5.23. The third kappa shape index (κ3) is 3.79. The van der Waals surface area contributed by atoms with Gasteiger partial charge in [-0.3, -0.25) is 0 Å². The number of hydrogen-bond donors (Lipinski definition) is 1. The minimum Gasteiger partial charge on any atom is -0.488 e. The van der Waals surface area contributed by atoms with Gasteiger partial charge >= 0.3 is 0 Å². The van der Waals surface area contributed by atoms with Crippen LogP contribution in [-0.4, -0.2) is 4.99 Å². The van der Waals surface area contributed by atoms with Gasteiger partial charge in [-0.2, -0.15) is 0 Å². The number of aryl methyl sites for hydroxylation is 3. The molecular formula is C17H18FNOS. The van der Waals surface area contributed by atoms with Crippen LogP contribution in [0.5, 0.6) is 5.75 Å². The Morgan fingerprint density at radius 3 is 2.29 bits per heavy atom. The van der Waals surface area contributed by atoms with E-state index in [1.165, 1.54) is 17.7 Å². The van der Waals surface area contributed by atoms with Crippen LogP contribution < -0.4 is 10.5 Å². The van der Waals surface area contributed by atoms with Gasteiger partial charge in [-0.1, -0.05) is 29.9 Å². The summed E-state index contributed by atoms with van der Waals surface area (Å²) in [5, 5.41) is 0. The summed E-state index contributed by atoms with van der Waals surface area (Å²) in [4.78, 5) is 0.179. The van der Waals surface area contributed by atoms with Crippen LogP contribution in [0.25, 0.3) is 0 Å². The van der Waals surface area contributed by atoms with Gasteiger partial charge in [-0.15, -0.1) is 0 Å². The van der Waals surface area contributed by atoms with E-state index in [1.54, 1.807) is 6.07 Å². The molecule has 0 aliphatic heterocycles. The van der Waals surface area contributed by atoms with Crippen molar-refractivity contribution < 1.29 is 9.13 Å². The Balaban J connectivity index is 2.23. The van der Waals surface area contributed by atoms with Crippen LogP contribution in [0.2, 0.25) is 0 Å². The summed E-state index contributed by atoms with van der Waals surface area (Å²) in [5.41, 5.74) is 10.1. The lowest BCUT2D eigenvalue weighted by molar-refractivity contribution is 0.301. The molecule has 0 aliphatic carbocycles. The van der Waals surface area contributed by atoms with Crippen molar-refractivity contribution in [2.45, 2.75) is 27.4 Å². The van der Waals surface area contributed by atoms with E-state index in [0.717, 1.165) is 16.9 Å². The zero-order valence-electron chi connectivity index (χ0n) is 12.4. The Morgan fingerprint density at radius 1 is 1.10 bits per heavy atom. The summed E-state index contributed by atoms with van der Waals surface area (Å²) in [5.74, 6) is 0.470. The molecule has 2 N–H and O–H groups in total. The molecule has 4 heteroatoms. The fourth-order valence-corrected chi connectivity index (χ4v) is 2.54. The fraction of sp³-hybridized carbons (Fsp3) is 0.235. The van der Waals surface area contributed by atoms with Crippen molar-refractivity contribution in [1.29, 1.82) is 0 Å². The molecule has 0 aromatic heterocycles. The predicted molar refractivity (Wildman–Crippen MR) is 87.3 cm³/mol. The summed E-state index contributed by atoms with van der Waals surface area (Å²) in [6.07, 6.45) is 0. The molecule has 0 fully saturated rings. The van der Waals surface area contributed by atoms with E-state index in [2.05, 4.69) is 12.1 Å². The smallest absolute Gasteiger partial charge is 0.125 e. The second-order valence-corrected chi connectivity index (χ2v) is 5.67. The van der Waals surface area contributed by atoms with Crippen molar-refractivity contribution in [3.05, 3.63) is 64.0 Å². The van der Waals surface area contributed by atoms with E-state index in [1.807, 2.05) is 20.8 Å². The lowest BCUT2D eigenvalue weighted by Crippen LogP contribution is -2.11. The molecule has 2 rings (SSSR count). The van der Waals surface area contributed by atoms with Crippen LogP contribution in [0.1, 0.15) is 27.8 Å². The number of thiocarbonyl (C=S) groups is 1. The zero-order chi connectivity index (χ0) is 15.6. The molecule has 0 bridgehead atoms. The molecule has 110 valence electrons. The lowest BCUT2D eigenvalue weighted by atomic mass is 10.1. The van der Waals surface area contributed by atoms with Crippen LogP contribution in [-0.2, 0) is 6.61 Å². The van der Waals surface area contributed by atoms with E-state index in [4.69, 9.17) is 22.7 Å². The van der Waals surface area contributed by atoms with Crippen molar-refractivity contribution in [2.75, 3.05) is 0 Å². The van der Waals surface area contributed by atoms with Gasteiger partial charge in [0, 0.05) is 5.56 Å². The first kappa shape index (κ1) is 15.4. The normalized spacial score (nSPS) is 10.5. The van der Waals surface area contributed by atoms with Crippen LogP contribution in [0.15, 0.2) is 30.3 Å². The maximum Gasteiger partial charge on any atom is 0.125 e. The number of hydrogen-bond acceptors (Lipinski definition) is 2. The van der Waals surface area contributed by atoms with Gasteiger partial charge in [0.05, 0.1) is 0 Å². The van der Waals surface area contributed by atoms with Gasteiger partial charge in [0.25, 0.3) is 0 Å². The molecule has 0 radical (unpaired) electrons. The molecule has 0 heterocycles. The zero-order valence-corrected chi connectivity index (χ0v) is 13.2. The third-order valence-electron chi connectivity index (χ3n) is 3.23. The summed E-state index contributed by atoms with van der Waals surface area (Å²) >= 11 is 4.89. The average molecular weight is 303 g/mol. The maximum absolute atomic E-state index is 13.6. The molecule has 0 unspecified atom stereocenters. The summed E-state index contributed by atoms with van der Waals surface area (Å²) in [6.45, 7) is 6.33. The van der Waals surface area contributed by atoms with Gasteiger partial charge in [0.2, 0.25) is 0 Å². The Labute approximate surface area is 129 Å². The summed E-state index contributed by atoms with van der Waals surface area (Å²) in [6, 6.07) is 8.64. The number of ether oxygens (including phenoxy) is 1. The Hall–Kier alpha value is -1.94. The van der Waals surface area contributed by atoms with Gasteiger partial charge in [0.1, 0.15) is 23.2 Å². The highest BCUT2D eigenvalue weighted by Crippen LogP contribution is 2.25. The largest absolute Gasteiger partial charge is 0.488 e. The highest BCUT2D eigenvalue weighted by atomic mass is 32.1. The Kier molecular flexibility index (Phi) is 4.58. The summed E-state index contributed by atoms with van der Waals surface area (Å²) in [7, 11) is 0. The fourth-order valence-electron chi connectivity index (χ4n) is 2.43. The lowest BCUT2D eigenvalue weighted by Gasteiger charge is -2.13. The molecule has 0 amide bonds. The molecule has 0 saturated carbocycles. The van der Waals surface area contributed by atoms with Crippen molar-refractivity contribution in [2.24, 2.45) is 5.73 Å². The topological polar surface area (TPSA) is 35.2 Å². The molecule has 0 aliphatic rings. The van der Waals surface area contributed by atoms with Gasteiger partial charge < -0.3 is 10.5 Å². The predicted octanol–water partition coefficient (Wildman–Crippen LogP) is 3.96. The first-order valence-corrected chi connectivity index (χ1v) is 7.07. The second kappa shape index (κ2) is 6.22. The van der Waals surface area contributed by atoms with Crippen molar-refractivity contribution in [3.63, 3.8) is 0 Å². The third-order valence-corrected chi connectivity index (χ3v) is 3.47. The van der Waals surface area contributed by atoms with Crippen molar-refractivity contribution in [3.8, 4) is 5.75 Å². The molecule has 0 saturated heterocycles. The maximum atomic E-state index is 13.6. The van der Waals surface area contributed by atoms with Crippen LogP contribution in [0.4, 0.5) is 4.39 Å². The minimum atomic E-state index is -0.365. The number of nitrogens with two attached hydrogens (primary N) is 1. The molecule has 0 atom stereocenters. The number of rotatable bonds is 4. The standard InChI is InChI=1S/C17H18FNOS/c1-10-4-11(2)16(12(3)5-10)20-9-13-6-14(17(19)21)8-15(18)7-13/h4-8H,9H2,1-3H3,(H2,19,21). The number of halogens is 1. The van der Waals surface area contributed by atoms with E-state index in [0.29, 0.717) is 11.1 Å². The van der Waals surface area contributed by atoms with Crippen LogP contribution in [0.3, 0.4) is 0 Å². The van der Waals surface area contributed by atoms with Crippen LogP contribution >= 0.6 is 12.2 Å². The average Bonchev–Trinajstić information content (AvgIpc) is 2.36. The molecule has 0 spiro atoms. The van der Waals surface area contributed by atoms with Gasteiger partial charge in [0.15, 0.2) is 0 Å². The molecule has 2 aromatic rings. The first-order valence-electron chi connectivity index (χ1n) is 6.66. The molecule has 2 aromatic carbocycles. The highest BCUT2D eigenvalue weighted by Gasteiger charge is 2.08. The Bertz CT molecular complexity index is 674. The molecular weight excluding hydrogens is 285 g/mol. The minimum absolute atomic E-state index is 0.179. The van der Waals surface area contributed by atoms with Crippen LogP contribution in [0, 0.1) is 26.6 Å². The van der Waals surface area contributed by atoms with E-state index in [9.17, 15) is 4.39 Å². The van der Waals surface area contributed by atoms with Gasteiger partial charge in [-0.25, -0.2) is 4.39 Å².